The van der Waals surface area contributed by atoms with Crippen LogP contribution < -0.4 is 4.90 Å². The molecule has 3 aliphatic heterocycles. The van der Waals surface area contributed by atoms with E-state index in [1.165, 1.54) is 17.7 Å². The van der Waals surface area contributed by atoms with Crippen molar-refractivity contribution in [3.8, 4) is 11.8 Å². The molecule has 35 heavy (non-hydrogen) atoms. The van der Waals surface area contributed by atoms with Gasteiger partial charge in [0, 0.05) is 30.9 Å². The molecule has 3 aliphatic rings. The topological polar surface area (TPSA) is 39.1 Å². The molecular formula is C29H33FN4O. The third kappa shape index (κ3) is 4.46. The Morgan fingerprint density at radius 3 is 2.71 bits per heavy atom. The lowest BCUT2D eigenvalue weighted by atomic mass is 9.80. The normalized spacial score (nSPS) is 26.7. The summed E-state index contributed by atoms with van der Waals surface area (Å²) in [5.41, 5.74) is 1.30. The van der Waals surface area contributed by atoms with Crippen LogP contribution in [0.5, 0.6) is 0 Å². The van der Waals surface area contributed by atoms with Crippen LogP contribution in [0.15, 0.2) is 59.6 Å². The Labute approximate surface area is 207 Å². The van der Waals surface area contributed by atoms with Gasteiger partial charge in [0.05, 0.1) is 6.54 Å². The fourth-order valence-electron chi connectivity index (χ4n) is 6.14. The van der Waals surface area contributed by atoms with Crippen LogP contribution in [-0.2, 0) is 6.42 Å². The van der Waals surface area contributed by atoms with Gasteiger partial charge in [-0.05, 0) is 69.7 Å². The van der Waals surface area contributed by atoms with Crippen molar-refractivity contribution >= 4 is 17.6 Å². The molecule has 2 aromatic carbocycles. The number of carbonyl (C=O) groups is 1. The molecule has 6 heteroatoms. The van der Waals surface area contributed by atoms with Gasteiger partial charge in [-0.3, -0.25) is 9.80 Å². The second-order valence-electron chi connectivity index (χ2n) is 9.94. The van der Waals surface area contributed by atoms with E-state index in [1.807, 2.05) is 19.1 Å². The van der Waals surface area contributed by atoms with E-state index in [9.17, 15) is 9.18 Å². The molecule has 1 spiro atoms. The molecule has 2 fully saturated rings. The Morgan fingerprint density at radius 1 is 1.14 bits per heavy atom. The van der Waals surface area contributed by atoms with Gasteiger partial charge in [-0.1, -0.05) is 42.3 Å². The number of rotatable bonds is 4. The minimum atomic E-state index is -0.584. The molecule has 0 bridgehead atoms. The monoisotopic (exact) mass is 472 g/mol. The van der Waals surface area contributed by atoms with Gasteiger partial charge in [0.15, 0.2) is 0 Å². The molecule has 3 heterocycles. The smallest absolute Gasteiger partial charge is 0.350 e. The molecule has 0 N–H and O–H groups in total. The van der Waals surface area contributed by atoms with Crippen molar-refractivity contribution in [2.24, 2.45) is 4.99 Å². The summed E-state index contributed by atoms with van der Waals surface area (Å²) in [4.78, 5) is 24.8. The zero-order chi connectivity index (χ0) is 24.4. The van der Waals surface area contributed by atoms with E-state index in [1.54, 1.807) is 11.0 Å². The van der Waals surface area contributed by atoms with Crippen molar-refractivity contribution < 1.29 is 9.18 Å². The van der Waals surface area contributed by atoms with Gasteiger partial charge in [0.1, 0.15) is 17.2 Å². The molecule has 5 rings (SSSR count). The second kappa shape index (κ2) is 9.83. The molecular weight excluding hydrogens is 439 g/mol. The summed E-state index contributed by atoms with van der Waals surface area (Å²) in [6.45, 7) is 6.48. The highest BCUT2D eigenvalue weighted by atomic mass is 19.1. The first-order valence-corrected chi connectivity index (χ1v) is 12.6. The predicted molar refractivity (Wildman–Crippen MR) is 138 cm³/mol. The third-order valence-corrected chi connectivity index (χ3v) is 7.79. The minimum absolute atomic E-state index is 0.215. The molecule has 0 aromatic heterocycles. The van der Waals surface area contributed by atoms with E-state index >= 15 is 0 Å². The zero-order valence-electron chi connectivity index (χ0n) is 20.6. The number of hydrogen-bond acceptors (Lipinski definition) is 3. The molecule has 182 valence electrons. The molecule has 0 aliphatic carbocycles. The number of carbonyl (C=O) groups excluding carboxylic acids is 1. The first-order chi connectivity index (χ1) is 17.0. The van der Waals surface area contributed by atoms with Gasteiger partial charge in [-0.25, -0.2) is 9.18 Å². The second-order valence-corrected chi connectivity index (χ2v) is 9.94. The Morgan fingerprint density at radius 2 is 1.97 bits per heavy atom. The van der Waals surface area contributed by atoms with Crippen LogP contribution in [0.2, 0.25) is 0 Å². The maximum absolute atomic E-state index is 14.3. The highest BCUT2D eigenvalue weighted by molar-refractivity contribution is 6.16. The van der Waals surface area contributed by atoms with Crippen molar-refractivity contribution in [3.63, 3.8) is 0 Å². The molecule has 0 radical (unpaired) electrons. The number of hydrogen-bond donors (Lipinski definition) is 0. The average molecular weight is 473 g/mol. The van der Waals surface area contributed by atoms with Gasteiger partial charge < -0.3 is 4.90 Å². The number of nitrogens with zero attached hydrogens (tertiary/aromatic N) is 4. The van der Waals surface area contributed by atoms with Gasteiger partial charge in [0.2, 0.25) is 0 Å². The summed E-state index contributed by atoms with van der Waals surface area (Å²) in [5, 5.41) is 0. The number of halogens is 1. The number of urea groups is 1. The molecule has 1 unspecified atom stereocenters. The Kier molecular flexibility index (Phi) is 6.62. The number of amidine groups is 1. The van der Waals surface area contributed by atoms with Crippen molar-refractivity contribution in [1.82, 2.24) is 9.80 Å². The minimum Gasteiger partial charge on any atom is -0.355 e. The van der Waals surface area contributed by atoms with Crippen LogP contribution in [0.1, 0.15) is 45.1 Å². The number of anilines is 1. The summed E-state index contributed by atoms with van der Waals surface area (Å²) in [6.07, 6.45) is 4.57. The van der Waals surface area contributed by atoms with E-state index in [-0.39, 0.29) is 17.9 Å². The number of amides is 2. The number of aliphatic imine (C=N–C) groups is 1. The van der Waals surface area contributed by atoms with Crippen LogP contribution in [0.3, 0.4) is 0 Å². The van der Waals surface area contributed by atoms with Crippen molar-refractivity contribution in [2.45, 2.75) is 63.6 Å². The molecule has 2 aromatic rings. The highest BCUT2D eigenvalue weighted by Crippen LogP contribution is 2.43. The quantitative estimate of drug-likeness (QED) is 0.580. The summed E-state index contributed by atoms with van der Waals surface area (Å²) < 4.78 is 14.3. The van der Waals surface area contributed by atoms with Crippen LogP contribution >= 0.6 is 0 Å². The molecule has 2 saturated heterocycles. The van der Waals surface area contributed by atoms with Gasteiger partial charge in [0.25, 0.3) is 0 Å². The lowest BCUT2D eigenvalue weighted by Gasteiger charge is -2.49. The van der Waals surface area contributed by atoms with Crippen LogP contribution in [0.25, 0.3) is 0 Å². The van der Waals surface area contributed by atoms with Crippen molar-refractivity contribution in [3.05, 3.63) is 66.0 Å². The van der Waals surface area contributed by atoms with Crippen LogP contribution in [0, 0.1) is 17.7 Å². The maximum atomic E-state index is 14.3. The first-order valence-electron chi connectivity index (χ1n) is 12.6. The summed E-state index contributed by atoms with van der Waals surface area (Å²) >= 11 is 0. The van der Waals surface area contributed by atoms with E-state index in [4.69, 9.17) is 4.99 Å². The lowest BCUT2D eigenvalue weighted by molar-refractivity contribution is 0.141. The Hall–Kier alpha value is -3.17. The number of benzene rings is 2. The van der Waals surface area contributed by atoms with Crippen molar-refractivity contribution in [2.75, 3.05) is 24.5 Å². The summed E-state index contributed by atoms with van der Waals surface area (Å²) in [5.74, 6) is 6.72. The summed E-state index contributed by atoms with van der Waals surface area (Å²) in [7, 11) is 0. The predicted octanol–water partition coefficient (Wildman–Crippen LogP) is 5.12. The third-order valence-electron chi connectivity index (χ3n) is 7.79. The number of likely N-dealkylation sites (tertiary alicyclic amines) is 2. The zero-order valence-corrected chi connectivity index (χ0v) is 20.6. The fourth-order valence-corrected chi connectivity index (χ4v) is 6.14. The van der Waals surface area contributed by atoms with Gasteiger partial charge in [-0.15, -0.1) is 5.92 Å². The largest absolute Gasteiger partial charge is 0.355 e. The Balaban J connectivity index is 1.51. The molecule has 0 saturated carbocycles. The molecule has 2 amide bonds. The average Bonchev–Trinajstić information content (AvgIpc) is 3.40. The van der Waals surface area contributed by atoms with Crippen LogP contribution in [-0.4, -0.2) is 58.9 Å². The van der Waals surface area contributed by atoms with E-state index in [0.29, 0.717) is 18.3 Å². The molecule has 5 nitrogen and oxygen atoms in total. The van der Waals surface area contributed by atoms with E-state index in [0.717, 1.165) is 51.0 Å². The van der Waals surface area contributed by atoms with Crippen molar-refractivity contribution in [1.29, 1.82) is 0 Å². The van der Waals surface area contributed by atoms with Gasteiger partial charge in [-0.2, -0.15) is 4.99 Å². The summed E-state index contributed by atoms with van der Waals surface area (Å²) in [6, 6.07) is 17.1. The lowest BCUT2D eigenvalue weighted by Crippen LogP contribution is -2.64. The van der Waals surface area contributed by atoms with E-state index in [2.05, 4.69) is 52.8 Å². The fraction of sp³-hybridized carbons (Fsp3) is 0.448. The van der Waals surface area contributed by atoms with E-state index < -0.39 is 5.54 Å². The molecule has 3 atom stereocenters. The number of piperidine rings is 1. The standard InChI is InChI=1S/C29H33FN4O/c1-3-4-16-32-18-15-29(21-22(32)2)27(31-28(35)34(29)26-13-8-12-24(30)20-26)33-17-9-14-25(33)19-23-10-6-5-7-11-23/h5-8,10-13,20,22,25H,9,14-19,21H2,1-2H3/t22-,25?,29-/m1/s1. The van der Waals surface area contributed by atoms with Crippen LogP contribution in [0.4, 0.5) is 14.9 Å². The first kappa shape index (κ1) is 23.6. The Bertz CT molecular complexity index is 1170. The SMILES string of the molecule is CC#CCN1CC[C@@]2(C[C@H]1C)C(N1CCCC1Cc1ccccc1)=NC(=O)N2c1cccc(F)c1. The van der Waals surface area contributed by atoms with Gasteiger partial charge >= 0.3 is 6.03 Å². The maximum Gasteiger partial charge on any atom is 0.350 e. The highest BCUT2D eigenvalue weighted by Gasteiger charge is 2.56.